The Labute approximate surface area is 119 Å². The molecule has 1 nitrogen and oxygen atoms in total. The Hall–Kier alpha value is 0.177. The van der Waals surface area contributed by atoms with Crippen molar-refractivity contribution >= 4 is 10.2 Å². The monoisotopic (exact) mass is 272 g/mol. The summed E-state index contributed by atoms with van der Waals surface area (Å²) in [6.07, 6.45) is 16.2. The van der Waals surface area contributed by atoms with E-state index in [-0.39, 0.29) is 0 Å². The van der Waals surface area contributed by atoms with Gasteiger partial charge in [-0.25, -0.2) is 0 Å². The van der Waals surface area contributed by atoms with Crippen LogP contribution in [-0.4, -0.2) is 42.4 Å². The molecule has 0 spiro atoms. The highest BCUT2D eigenvalue weighted by atomic mass is 28.1. The second-order valence-electron chi connectivity index (χ2n) is 6.90. The molecule has 0 aromatic carbocycles. The van der Waals surface area contributed by atoms with E-state index in [0.717, 1.165) is 4.48 Å². The maximum Gasteiger partial charge on any atom is 0.0780 e. The summed E-state index contributed by atoms with van der Waals surface area (Å²) >= 11 is 0. The lowest BCUT2D eigenvalue weighted by Crippen LogP contribution is -2.35. The molecule has 110 valence electrons. The van der Waals surface area contributed by atoms with E-state index in [0.29, 0.717) is 0 Å². The predicted octanol–water partition coefficient (Wildman–Crippen LogP) is 3.77. The molecule has 0 rings (SSSR count). The van der Waals surface area contributed by atoms with Crippen LogP contribution in [0.15, 0.2) is 0 Å². The lowest BCUT2D eigenvalue weighted by Gasteiger charge is -2.23. The maximum absolute atomic E-state index is 2.29. The minimum atomic E-state index is 1.13. The number of quaternary nitrogens is 1. The molecule has 0 amide bonds. The number of nitrogens with zero attached hydrogens (tertiary/aromatic N) is 1. The first-order valence-electron chi connectivity index (χ1n) is 8.36. The molecule has 0 aromatic heterocycles. The van der Waals surface area contributed by atoms with Crippen molar-refractivity contribution in [1.29, 1.82) is 0 Å². The van der Waals surface area contributed by atoms with Crippen LogP contribution in [0.2, 0.25) is 6.04 Å². The summed E-state index contributed by atoms with van der Waals surface area (Å²) in [6, 6.07) is 1.51. The molecule has 0 aliphatic heterocycles. The van der Waals surface area contributed by atoms with Gasteiger partial charge < -0.3 is 4.48 Å². The largest absolute Gasteiger partial charge is 0.331 e. The standard InChI is InChI=1S/C16H38NSi/c1-17(2,3)15-13-11-9-7-5-4-6-8-10-12-14-16-18/h4-16H2,1-3,18H3/q+1. The third-order valence-corrected chi connectivity index (χ3v) is 4.39. The Balaban J connectivity index is 2.99. The first-order valence-corrected chi connectivity index (χ1v) is 9.78. The molecule has 18 heavy (non-hydrogen) atoms. The third kappa shape index (κ3) is 16.2. The number of hydrogen-bond donors (Lipinski definition) is 0. The highest BCUT2D eigenvalue weighted by molar-refractivity contribution is 6.08. The average molecular weight is 273 g/mol. The number of unbranched alkanes of at least 4 members (excludes halogenated alkanes) is 10. The van der Waals surface area contributed by atoms with Gasteiger partial charge in [-0.05, 0) is 12.8 Å². The SMILES string of the molecule is C[N+](C)(C)CCCCCCCCCCCCC[SiH3]. The van der Waals surface area contributed by atoms with Crippen molar-refractivity contribution in [3.63, 3.8) is 0 Å². The highest BCUT2D eigenvalue weighted by Crippen LogP contribution is 2.12. The summed E-state index contributed by atoms with van der Waals surface area (Å²) in [5.41, 5.74) is 0. The van der Waals surface area contributed by atoms with Crippen LogP contribution in [-0.2, 0) is 0 Å². The Bertz CT molecular complexity index is 163. The molecule has 0 unspecified atom stereocenters. The zero-order chi connectivity index (χ0) is 13.7. The van der Waals surface area contributed by atoms with Crippen LogP contribution in [0.3, 0.4) is 0 Å². The van der Waals surface area contributed by atoms with E-state index in [1.807, 2.05) is 0 Å². The summed E-state index contributed by atoms with van der Waals surface area (Å²) in [4.78, 5) is 0. The van der Waals surface area contributed by atoms with Gasteiger partial charge in [-0.1, -0.05) is 63.8 Å². The van der Waals surface area contributed by atoms with E-state index in [2.05, 4.69) is 21.1 Å². The summed E-state index contributed by atoms with van der Waals surface area (Å²) in [5.74, 6) is 0. The van der Waals surface area contributed by atoms with Gasteiger partial charge in [-0.2, -0.15) is 0 Å². The summed E-state index contributed by atoms with van der Waals surface area (Å²) in [6.45, 7) is 1.33. The van der Waals surface area contributed by atoms with E-state index in [4.69, 9.17) is 0 Å². The van der Waals surface area contributed by atoms with Crippen LogP contribution < -0.4 is 0 Å². The number of rotatable bonds is 13. The molecule has 0 N–H and O–H groups in total. The normalized spacial score (nSPS) is 12.2. The molecular formula is C16H38NSi+. The molecule has 0 heterocycles. The predicted molar refractivity (Wildman–Crippen MR) is 88.4 cm³/mol. The topological polar surface area (TPSA) is 0 Å². The van der Waals surface area contributed by atoms with Crippen LogP contribution >= 0.6 is 0 Å². The second kappa shape index (κ2) is 12.2. The fourth-order valence-electron chi connectivity index (χ4n) is 2.43. The molecule has 0 atom stereocenters. The van der Waals surface area contributed by atoms with Crippen molar-refractivity contribution < 1.29 is 4.48 Å². The van der Waals surface area contributed by atoms with Crippen LogP contribution in [0.5, 0.6) is 0 Å². The van der Waals surface area contributed by atoms with Crippen molar-refractivity contribution in [2.75, 3.05) is 27.7 Å². The zero-order valence-corrected chi connectivity index (χ0v) is 15.6. The van der Waals surface area contributed by atoms with Crippen molar-refractivity contribution in [2.45, 2.75) is 76.7 Å². The Morgan fingerprint density at radius 1 is 0.556 bits per heavy atom. The van der Waals surface area contributed by atoms with Gasteiger partial charge in [0.25, 0.3) is 0 Å². The minimum Gasteiger partial charge on any atom is -0.331 e. The van der Waals surface area contributed by atoms with E-state index in [1.165, 1.54) is 93.5 Å². The lowest BCUT2D eigenvalue weighted by atomic mass is 10.1. The fraction of sp³-hybridized carbons (Fsp3) is 1.00. The first kappa shape index (κ1) is 18.2. The van der Waals surface area contributed by atoms with Crippen molar-refractivity contribution in [3.05, 3.63) is 0 Å². The van der Waals surface area contributed by atoms with Crippen molar-refractivity contribution in [3.8, 4) is 0 Å². The van der Waals surface area contributed by atoms with Gasteiger partial charge in [0.05, 0.1) is 27.7 Å². The molecule has 2 heteroatoms. The summed E-state index contributed by atoms with van der Waals surface area (Å²) in [5, 5.41) is 0. The first-order chi connectivity index (χ1) is 8.56. The van der Waals surface area contributed by atoms with Gasteiger partial charge in [0.1, 0.15) is 0 Å². The second-order valence-corrected chi connectivity index (χ2v) is 7.90. The zero-order valence-electron chi connectivity index (χ0n) is 13.6. The molecule has 0 radical (unpaired) electrons. The number of hydrogen-bond acceptors (Lipinski definition) is 0. The summed E-state index contributed by atoms with van der Waals surface area (Å²) < 4.78 is 1.13. The van der Waals surface area contributed by atoms with Gasteiger partial charge in [0, 0.05) is 10.2 Å². The molecule has 0 aliphatic rings. The molecule has 0 aliphatic carbocycles. The fourth-order valence-corrected chi connectivity index (χ4v) is 2.93. The van der Waals surface area contributed by atoms with Crippen LogP contribution in [0.1, 0.15) is 70.6 Å². The molecule has 0 fully saturated rings. The van der Waals surface area contributed by atoms with Crippen LogP contribution in [0.4, 0.5) is 0 Å². The van der Waals surface area contributed by atoms with Gasteiger partial charge in [-0.15, -0.1) is 0 Å². The lowest BCUT2D eigenvalue weighted by molar-refractivity contribution is -0.870. The quantitative estimate of drug-likeness (QED) is 0.272. The van der Waals surface area contributed by atoms with Gasteiger partial charge >= 0.3 is 0 Å². The van der Waals surface area contributed by atoms with E-state index in [1.54, 1.807) is 0 Å². The molecule has 0 bridgehead atoms. The maximum atomic E-state index is 2.29. The van der Waals surface area contributed by atoms with Gasteiger partial charge in [-0.3, -0.25) is 0 Å². The van der Waals surface area contributed by atoms with Gasteiger partial charge in [0.15, 0.2) is 0 Å². The average Bonchev–Trinajstić information content (AvgIpc) is 2.29. The highest BCUT2D eigenvalue weighted by Gasteiger charge is 2.04. The van der Waals surface area contributed by atoms with E-state index >= 15 is 0 Å². The van der Waals surface area contributed by atoms with E-state index < -0.39 is 0 Å². The smallest absolute Gasteiger partial charge is 0.0780 e. The summed E-state index contributed by atoms with van der Waals surface area (Å²) in [7, 11) is 8.28. The van der Waals surface area contributed by atoms with Crippen LogP contribution in [0.25, 0.3) is 0 Å². The molecule has 0 saturated heterocycles. The molecule has 0 saturated carbocycles. The Morgan fingerprint density at radius 2 is 0.889 bits per heavy atom. The van der Waals surface area contributed by atoms with Crippen molar-refractivity contribution in [1.82, 2.24) is 0 Å². The van der Waals surface area contributed by atoms with Crippen molar-refractivity contribution in [2.24, 2.45) is 0 Å². The van der Waals surface area contributed by atoms with Gasteiger partial charge in [0.2, 0.25) is 0 Å². The molecular weight excluding hydrogens is 234 g/mol. The van der Waals surface area contributed by atoms with E-state index in [9.17, 15) is 0 Å². The Kier molecular flexibility index (Phi) is 12.3. The Morgan fingerprint density at radius 3 is 1.22 bits per heavy atom. The van der Waals surface area contributed by atoms with Crippen LogP contribution in [0, 0.1) is 0 Å². The minimum absolute atomic E-state index is 1.13. The third-order valence-electron chi connectivity index (χ3n) is 3.68. The molecule has 0 aromatic rings.